The molecule has 0 aliphatic rings. The number of halogens is 2. The number of furan rings is 1. The number of ether oxygens (including phenoxy) is 1. The minimum Gasteiger partial charge on any atom is -0.459 e. The van der Waals surface area contributed by atoms with Crippen LogP contribution in [0.5, 0.6) is 0 Å². The van der Waals surface area contributed by atoms with Crippen LogP contribution in [0.4, 0.5) is 0 Å². The summed E-state index contributed by atoms with van der Waals surface area (Å²) < 4.78 is 9.92. The fourth-order valence-corrected chi connectivity index (χ4v) is 2.77. The molecule has 2 amide bonds. The first-order valence-corrected chi connectivity index (χ1v) is 8.80. The van der Waals surface area contributed by atoms with Crippen LogP contribution in [0.2, 0.25) is 10.0 Å². The van der Waals surface area contributed by atoms with E-state index in [1.54, 1.807) is 31.2 Å². The van der Waals surface area contributed by atoms with Gasteiger partial charge in [-0.05, 0) is 43.7 Å². The monoisotopic (exact) mass is 412 g/mol. The molecular weight excluding hydrogens is 395 g/mol. The minimum absolute atomic E-state index is 0.0715. The Kier molecular flexibility index (Phi) is 7.27. The van der Waals surface area contributed by atoms with E-state index < -0.39 is 36.5 Å². The molecule has 0 aliphatic heterocycles. The van der Waals surface area contributed by atoms with Crippen molar-refractivity contribution < 1.29 is 23.5 Å². The van der Waals surface area contributed by atoms with Crippen molar-refractivity contribution in [2.24, 2.45) is 0 Å². The summed E-state index contributed by atoms with van der Waals surface area (Å²) in [5.41, 5.74) is 0.679. The first-order chi connectivity index (χ1) is 12.8. The fraction of sp³-hybridized carbons (Fsp3) is 0.278. The standard InChI is InChI=1S/C18H18Cl2N2O5/c1-10(13-6-5-12(19)8-14(13)20)22-17(24)11(2)27-16(23)9-21-18(25)15-4-3-7-26-15/h3-8,10-11H,9H2,1-2H3,(H,21,25)(H,22,24)/t10-,11+/m0/s1. The maximum atomic E-state index is 12.2. The number of hydrogen-bond acceptors (Lipinski definition) is 5. The third kappa shape index (κ3) is 6.01. The van der Waals surface area contributed by atoms with Crippen molar-refractivity contribution in [1.29, 1.82) is 0 Å². The quantitative estimate of drug-likeness (QED) is 0.680. The van der Waals surface area contributed by atoms with Gasteiger partial charge in [-0.1, -0.05) is 29.3 Å². The molecule has 1 aromatic heterocycles. The molecule has 0 spiro atoms. The minimum atomic E-state index is -1.05. The van der Waals surface area contributed by atoms with Crippen molar-refractivity contribution in [3.63, 3.8) is 0 Å². The van der Waals surface area contributed by atoms with Gasteiger partial charge in [0.25, 0.3) is 11.8 Å². The molecule has 9 heteroatoms. The lowest BCUT2D eigenvalue weighted by Gasteiger charge is -2.19. The highest BCUT2D eigenvalue weighted by Crippen LogP contribution is 2.26. The molecule has 0 saturated carbocycles. The number of hydrogen-bond donors (Lipinski definition) is 2. The second kappa shape index (κ2) is 9.43. The van der Waals surface area contributed by atoms with Gasteiger partial charge in [-0.3, -0.25) is 14.4 Å². The molecule has 27 heavy (non-hydrogen) atoms. The van der Waals surface area contributed by atoms with E-state index in [4.69, 9.17) is 32.4 Å². The summed E-state index contributed by atoms with van der Waals surface area (Å²) in [5.74, 6) is -1.74. The Hall–Kier alpha value is -2.51. The Morgan fingerprint density at radius 3 is 2.56 bits per heavy atom. The number of esters is 1. The lowest BCUT2D eigenvalue weighted by molar-refractivity contribution is -0.154. The second-order valence-corrected chi connectivity index (χ2v) is 6.53. The van der Waals surface area contributed by atoms with Gasteiger partial charge in [0.2, 0.25) is 0 Å². The molecule has 2 N–H and O–H groups in total. The van der Waals surface area contributed by atoms with Gasteiger partial charge in [-0.2, -0.15) is 0 Å². The van der Waals surface area contributed by atoms with Crippen molar-refractivity contribution in [2.45, 2.75) is 26.0 Å². The van der Waals surface area contributed by atoms with Crippen LogP contribution in [-0.2, 0) is 14.3 Å². The van der Waals surface area contributed by atoms with Gasteiger partial charge < -0.3 is 19.8 Å². The van der Waals surface area contributed by atoms with Crippen LogP contribution in [0.25, 0.3) is 0 Å². The van der Waals surface area contributed by atoms with E-state index in [0.29, 0.717) is 15.6 Å². The highest BCUT2D eigenvalue weighted by molar-refractivity contribution is 6.35. The van der Waals surface area contributed by atoms with Gasteiger partial charge in [-0.25, -0.2) is 0 Å². The van der Waals surface area contributed by atoms with E-state index in [1.165, 1.54) is 19.3 Å². The number of benzene rings is 1. The normalized spacial score (nSPS) is 12.7. The zero-order valence-corrected chi connectivity index (χ0v) is 16.1. The maximum Gasteiger partial charge on any atom is 0.326 e. The van der Waals surface area contributed by atoms with Crippen LogP contribution in [0, 0.1) is 0 Å². The lowest BCUT2D eigenvalue weighted by atomic mass is 10.1. The molecule has 1 heterocycles. The van der Waals surface area contributed by atoms with E-state index in [0.717, 1.165) is 0 Å². The van der Waals surface area contributed by atoms with Crippen LogP contribution < -0.4 is 10.6 Å². The van der Waals surface area contributed by atoms with E-state index in [1.807, 2.05) is 0 Å². The zero-order valence-electron chi connectivity index (χ0n) is 14.6. The molecule has 2 atom stereocenters. The Morgan fingerprint density at radius 2 is 1.93 bits per heavy atom. The Bertz CT molecular complexity index is 823. The zero-order chi connectivity index (χ0) is 20.0. The number of carbonyl (C=O) groups is 3. The summed E-state index contributed by atoms with van der Waals surface area (Å²) in [6.07, 6.45) is 0.292. The summed E-state index contributed by atoms with van der Waals surface area (Å²) in [4.78, 5) is 35.7. The first-order valence-electron chi connectivity index (χ1n) is 8.04. The van der Waals surface area contributed by atoms with Gasteiger partial charge >= 0.3 is 5.97 Å². The smallest absolute Gasteiger partial charge is 0.326 e. The van der Waals surface area contributed by atoms with Gasteiger partial charge in [-0.15, -0.1) is 0 Å². The van der Waals surface area contributed by atoms with Crippen LogP contribution in [0.15, 0.2) is 41.0 Å². The second-order valence-electron chi connectivity index (χ2n) is 5.69. The number of nitrogens with one attached hydrogen (secondary N) is 2. The lowest BCUT2D eigenvalue weighted by Crippen LogP contribution is -2.39. The van der Waals surface area contributed by atoms with Gasteiger partial charge in [0.05, 0.1) is 12.3 Å². The van der Waals surface area contributed by atoms with Crippen LogP contribution in [-0.4, -0.2) is 30.4 Å². The topological polar surface area (TPSA) is 97.6 Å². The van der Waals surface area contributed by atoms with E-state index in [-0.39, 0.29) is 5.76 Å². The van der Waals surface area contributed by atoms with Gasteiger partial charge in [0.1, 0.15) is 6.54 Å². The van der Waals surface area contributed by atoms with Crippen LogP contribution in [0.3, 0.4) is 0 Å². The molecule has 0 bridgehead atoms. The van der Waals surface area contributed by atoms with Gasteiger partial charge in [0.15, 0.2) is 11.9 Å². The summed E-state index contributed by atoms with van der Waals surface area (Å²) in [5, 5.41) is 5.95. The molecule has 144 valence electrons. The van der Waals surface area contributed by atoms with Gasteiger partial charge in [0, 0.05) is 10.0 Å². The predicted molar refractivity (Wildman–Crippen MR) is 99.6 cm³/mol. The van der Waals surface area contributed by atoms with Crippen molar-refractivity contribution in [1.82, 2.24) is 10.6 Å². The summed E-state index contributed by atoms with van der Waals surface area (Å²) >= 11 is 12.0. The van der Waals surface area contributed by atoms with E-state index in [2.05, 4.69) is 10.6 Å². The average molecular weight is 413 g/mol. The number of amides is 2. The van der Waals surface area contributed by atoms with Crippen molar-refractivity contribution in [3.05, 3.63) is 58.0 Å². The molecule has 0 fully saturated rings. The largest absolute Gasteiger partial charge is 0.459 e. The van der Waals surface area contributed by atoms with Crippen LogP contribution in [0.1, 0.15) is 36.0 Å². The third-order valence-electron chi connectivity index (χ3n) is 3.60. The Balaban J connectivity index is 1.82. The molecule has 0 radical (unpaired) electrons. The summed E-state index contributed by atoms with van der Waals surface area (Å²) in [6.45, 7) is 2.78. The summed E-state index contributed by atoms with van der Waals surface area (Å²) in [6, 6.07) is 7.54. The number of carbonyl (C=O) groups excluding carboxylic acids is 3. The van der Waals surface area contributed by atoms with E-state index in [9.17, 15) is 14.4 Å². The predicted octanol–water partition coefficient (Wildman–Crippen LogP) is 3.13. The molecular formula is C18H18Cl2N2O5. The fourth-order valence-electron chi connectivity index (χ4n) is 2.20. The van der Waals surface area contributed by atoms with Crippen LogP contribution >= 0.6 is 23.2 Å². The average Bonchev–Trinajstić information content (AvgIpc) is 3.14. The van der Waals surface area contributed by atoms with E-state index >= 15 is 0 Å². The number of rotatable bonds is 7. The summed E-state index contributed by atoms with van der Waals surface area (Å²) in [7, 11) is 0. The third-order valence-corrected chi connectivity index (χ3v) is 4.17. The molecule has 7 nitrogen and oxygen atoms in total. The van der Waals surface area contributed by atoms with Crippen molar-refractivity contribution >= 4 is 41.0 Å². The highest BCUT2D eigenvalue weighted by Gasteiger charge is 2.21. The van der Waals surface area contributed by atoms with Crippen molar-refractivity contribution in [3.8, 4) is 0 Å². The maximum absolute atomic E-state index is 12.2. The Labute approximate surface area is 166 Å². The SMILES string of the molecule is C[C@H](NC(=O)[C@@H](C)OC(=O)CNC(=O)c1ccco1)c1ccc(Cl)cc1Cl. The molecule has 0 aliphatic carbocycles. The molecule has 1 aromatic carbocycles. The van der Waals surface area contributed by atoms with Crippen molar-refractivity contribution in [2.75, 3.05) is 6.54 Å². The molecule has 2 aromatic rings. The first kappa shape index (κ1) is 20.8. The molecule has 2 rings (SSSR count). The molecule has 0 saturated heterocycles. The highest BCUT2D eigenvalue weighted by atomic mass is 35.5. The molecule has 0 unspecified atom stereocenters. The Morgan fingerprint density at radius 1 is 1.19 bits per heavy atom.